The highest BCUT2D eigenvalue weighted by molar-refractivity contribution is 7.18. The first-order chi connectivity index (χ1) is 8.65. The lowest BCUT2D eigenvalue weighted by Gasteiger charge is -1.99. The molecule has 2 aromatic heterocycles. The molecule has 1 aliphatic rings. The molecule has 2 heterocycles. The molecule has 0 spiro atoms. The van der Waals surface area contributed by atoms with E-state index in [0.717, 1.165) is 12.8 Å². The number of ketones is 1. The number of nitrogens with zero attached hydrogens (tertiary/aromatic N) is 2. The van der Waals surface area contributed by atoms with Crippen molar-refractivity contribution < 1.29 is 4.79 Å². The minimum atomic E-state index is -0.103. The van der Waals surface area contributed by atoms with Gasteiger partial charge in [-0.2, -0.15) is 0 Å². The van der Waals surface area contributed by atoms with Crippen molar-refractivity contribution in [3.8, 4) is 0 Å². The van der Waals surface area contributed by atoms with Crippen LogP contribution in [0.5, 0.6) is 0 Å². The number of halogens is 1. The van der Waals surface area contributed by atoms with Crippen molar-refractivity contribution in [2.75, 3.05) is 0 Å². The van der Waals surface area contributed by atoms with Gasteiger partial charge >= 0.3 is 5.69 Å². The third kappa shape index (κ3) is 2.15. The fourth-order valence-electron chi connectivity index (χ4n) is 1.88. The summed E-state index contributed by atoms with van der Waals surface area (Å²) in [7, 11) is 0. The van der Waals surface area contributed by atoms with Gasteiger partial charge in [0.05, 0.1) is 15.8 Å². The van der Waals surface area contributed by atoms with E-state index in [0.29, 0.717) is 15.3 Å². The molecule has 0 bridgehead atoms. The number of thiophene rings is 1. The van der Waals surface area contributed by atoms with Gasteiger partial charge < -0.3 is 0 Å². The molecule has 6 heteroatoms. The minimum Gasteiger partial charge on any atom is -0.296 e. The van der Waals surface area contributed by atoms with Crippen LogP contribution in [0.4, 0.5) is 0 Å². The molecule has 4 nitrogen and oxygen atoms in total. The number of hydrogen-bond donors (Lipinski definition) is 0. The zero-order valence-electron chi connectivity index (χ0n) is 9.51. The summed E-state index contributed by atoms with van der Waals surface area (Å²) < 4.78 is 3.74. The number of aromatic nitrogens is 2. The van der Waals surface area contributed by atoms with Crippen LogP contribution in [0.1, 0.15) is 28.6 Å². The summed E-state index contributed by atoms with van der Waals surface area (Å²) in [6.45, 7) is 0.0788. The molecule has 0 radical (unpaired) electrons. The summed E-state index contributed by atoms with van der Waals surface area (Å²) in [6, 6.07) is 3.72. The lowest BCUT2D eigenvalue weighted by Crippen LogP contribution is -2.26. The summed E-state index contributed by atoms with van der Waals surface area (Å²) >= 11 is 7.03. The Kier molecular flexibility index (Phi) is 2.87. The number of carbonyl (C=O) groups is 1. The van der Waals surface area contributed by atoms with Crippen molar-refractivity contribution in [1.29, 1.82) is 0 Å². The third-order valence-corrected chi connectivity index (χ3v) is 4.25. The predicted molar refractivity (Wildman–Crippen MR) is 70.6 cm³/mol. The lowest BCUT2D eigenvalue weighted by atomic mass is 10.3. The van der Waals surface area contributed by atoms with Gasteiger partial charge in [0.1, 0.15) is 0 Å². The van der Waals surface area contributed by atoms with Crippen LogP contribution in [-0.2, 0) is 6.54 Å². The fourth-order valence-corrected chi connectivity index (χ4v) is 2.85. The first-order valence-corrected chi connectivity index (χ1v) is 6.90. The third-order valence-electron chi connectivity index (χ3n) is 2.98. The zero-order valence-corrected chi connectivity index (χ0v) is 11.1. The summed E-state index contributed by atoms with van der Waals surface area (Å²) in [4.78, 5) is 24.5. The molecule has 18 heavy (non-hydrogen) atoms. The monoisotopic (exact) mass is 282 g/mol. The molecule has 0 aliphatic heterocycles. The number of hydrogen-bond acceptors (Lipinski definition) is 3. The van der Waals surface area contributed by atoms with Crippen molar-refractivity contribution in [1.82, 2.24) is 9.13 Å². The van der Waals surface area contributed by atoms with Gasteiger partial charge in [0.2, 0.25) is 0 Å². The molecule has 1 aliphatic carbocycles. The van der Waals surface area contributed by atoms with Crippen LogP contribution >= 0.6 is 22.9 Å². The molecule has 0 amide bonds. The minimum absolute atomic E-state index is 0.0788. The maximum absolute atomic E-state index is 12.0. The van der Waals surface area contributed by atoms with Crippen LogP contribution < -0.4 is 5.69 Å². The predicted octanol–water partition coefficient (Wildman–Crippen LogP) is 2.58. The molecule has 0 saturated heterocycles. The zero-order chi connectivity index (χ0) is 12.7. The highest BCUT2D eigenvalue weighted by atomic mass is 35.5. The first-order valence-electron chi connectivity index (χ1n) is 5.71. The van der Waals surface area contributed by atoms with Crippen LogP contribution in [0.25, 0.3) is 0 Å². The Balaban J connectivity index is 1.80. The maximum Gasteiger partial charge on any atom is 0.328 e. The Morgan fingerprint density at radius 1 is 1.39 bits per heavy atom. The van der Waals surface area contributed by atoms with Gasteiger partial charge in [0.25, 0.3) is 0 Å². The Bertz CT molecular complexity index is 651. The molecule has 1 fully saturated rings. The second-order valence-electron chi connectivity index (χ2n) is 4.37. The molecule has 2 aromatic rings. The molecule has 0 unspecified atom stereocenters. The van der Waals surface area contributed by atoms with Crippen LogP contribution in [0.3, 0.4) is 0 Å². The average molecular weight is 283 g/mol. The van der Waals surface area contributed by atoms with Crippen molar-refractivity contribution in [2.45, 2.75) is 25.4 Å². The molecule has 3 rings (SSSR count). The van der Waals surface area contributed by atoms with Crippen LogP contribution in [0.15, 0.2) is 29.3 Å². The van der Waals surface area contributed by atoms with Crippen molar-refractivity contribution in [2.24, 2.45) is 0 Å². The molecule has 0 aromatic carbocycles. The molecule has 94 valence electrons. The Morgan fingerprint density at radius 2 is 2.17 bits per heavy atom. The van der Waals surface area contributed by atoms with E-state index in [1.54, 1.807) is 29.1 Å². The van der Waals surface area contributed by atoms with E-state index in [4.69, 9.17) is 11.6 Å². The van der Waals surface area contributed by atoms with Crippen molar-refractivity contribution in [3.63, 3.8) is 0 Å². The molecule has 0 atom stereocenters. The Labute approximate surface area is 112 Å². The van der Waals surface area contributed by atoms with Gasteiger partial charge in [-0.1, -0.05) is 11.6 Å². The smallest absolute Gasteiger partial charge is 0.296 e. The van der Waals surface area contributed by atoms with E-state index in [2.05, 4.69) is 0 Å². The summed E-state index contributed by atoms with van der Waals surface area (Å²) in [6.07, 6.45) is 5.54. The Morgan fingerprint density at radius 3 is 2.78 bits per heavy atom. The fraction of sp³-hybridized carbons (Fsp3) is 0.333. The largest absolute Gasteiger partial charge is 0.328 e. The molecular weight excluding hydrogens is 272 g/mol. The first kappa shape index (κ1) is 11.7. The summed E-state index contributed by atoms with van der Waals surface area (Å²) in [5.74, 6) is -0.0810. The van der Waals surface area contributed by atoms with Gasteiger partial charge in [-0.15, -0.1) is 11.3 Å². The number of rotatable bonds is 4. The van der Waals surface area contributed by atoms with Gasteiger partial charge in [-0.3, -0.25) is 13.9 Å². The highest BCUT2D eigenvalue weighted by Gasteiger charge is 2.25. The van der Waals surface area contributed by atoms with Crippen LogP contribution in [-0.4, -0.2) is 14.9 Å². The summed E-state index contributed by atoms with van der Waals surface area (Å²) in [5, 5.41) is 0. The van der Waals surface area contributed by atoms with E-state index in [-0.39, 0.29) is 18.0 Å². The van der Waals surface area contributed by atoms with Gasteiger partial charge in [-0.25, -0.2) is 4.79 Å². The molecular formula is C12H11ClN2O2S. The number of Topliss-reactive ketones (excluding diaryl/α,β-unsaturated/α-hetero) is 1. The van der Waals surface area contributed by atoms with Crippen molar-refractivity contribution >= 4 is 28.7 Å². The van der Waals surface area contributed by atoms with E-state index in [9.17, 15) is 9.59 Å². The SMILES string of the molecule is O=C(Cn1ccn(C2CC2)c1=O)c1ccc(Cl)s1. The number of carbonyl (C=O) groups excluding carboxylic acids is 1. The van der Waals surface area contributed by atoms with Crippen LogP contribution in [0, 0.1) is 0 Å². The van der Waals surface area contributed by atoms with Crippen molar-refractivity contribution in [3.05, 3.63) is 44.2 Å². The molecule has 1 saturated carbocycles. The van der Waals surface area contributed by atoms with E-state index >= 15 is 0 Å². The normalized spacial score (nSPS) is 14.9. The topological polar surface area (TPSA) is 44.0 Å². The maximum atomic E-state index is 12.0. The van der Waals surface area contributed by atoms with E-state index in [1.807, 2.05) is 0 Å². The van der Waals surface area contributed by atoms with E-state index in [1.165, 1.54) is 15.9 Å². The Hall–Kier alpha value is -1.33. The van der Waals surface area contributed by atoms with Gasteiger partial charge in [-0.05, 0) is 25.0 Å². The quantitative estimate of drug-likeness (QED) is 0.809. The van der Waals surface area contributed by atoms with Gasteiger partial charge in [0, 0.05) is 18.4 Å². The van der Waals surface area contributed by atoms with Gasteiger partial charge in [0.15, 0.2) is 5.78 Å². The second kappa shape index (κ2) is 4.40. The molecule has 0 N–H and O–H groups in total. The standard InChI is InChI=1S/C12H11ClN2O2S/c13-11-4-3-10(18-11)9(16)7-14-5-6-15(12(14)17)8-1-2-8/h3-6,8H,1-2,7H2. The lowest BCUT2D eigenvalue weighted by molar-refractivity contribution is 0.0974. The average Bonchev–Trinajstić information content (AvgIpc) is 2.99. The highest BCUT2D eigenvalue weighted by Crippen LogP contribution is 2.33. The van der Waals surface area contributed by atoms with E-state index < -0.39 is 0 Å². The van der Waals surface area contributed by atoms with Crippen LogP contribution in [0.2, 0.25) is 4.34 Å². The number of imidazole rings is 1. The second-order valence-corrected chi connectivity index (χ2v) is 6.09. The summed E-state index contributed by atoms with van der Waals surface area (Å²) in [5.41, 5.74) is -0.103.